The van der Waals surface area contributed by atoms with Crippen LogP contribution in [0.3, 0.4) is 0 Å². The van der Waals surface area contributed by atoms with Gasteiger partial charge in [-0.05, 0) is 30.2 Å². The number of hydrogen-bond donors (Lipinski definition) is 2. The van der Waals surface area contributed by atoms with Crippen molar-refractivity contribution in [2.24, 2.45) is 4.99 Å². The Morgan fingerprint density at radius 2 is 1.38 bits per heavy atom. The second-order valence-electron chi connectivity index (χ2n) is 4.89. The Morgan fingerprint density at radius 3 is 1.86 bits per heavy atom. The molecule has 0 radical (unpaired) electrons. The Labute approximate surface area is 131 Å². The minimum Gasteiger partial charge on any atom is -0.352 e. The van der Waals surface area contributed by atoms with Gasteiger partial charge in [0.15, 0.2) is 5.96 Å². The van der Waals surface area contributed by atoms with Crippen LogP contribution in [0.4, 0.5) is 0 Å². The number of nitrogens with one attached hydrogen (secondary N) is 2. The van der Waals surface area contributed by atoms with Gasteiger partial charge in [-0.25, -0.2) is 0 Å². The lowest BCUT2D eigenvalue weighted by molar-refractivity contribution is 0.809. The summed E-state index contributed by atoms with van der Waals surface area (Å²) in [5, 5.41) is 7.33. The summed E-state index contributed by atoms with van der Waals surface area (Å²) < 4.78 is 0. The molecule has 2 aromatic carbocycles. The third-order valence-corrected chi connectivity index (χ3v) is 3.43. The molecule has 2 rings (SSSR count). The molecule has 110 valence electrons. The van der Waals surface area contributed by atoms with Crippen molar-refractivity contribution in [3.8, 4) is 0 Å². The van der Waals surface area contributed by atoms with Crippen molar-refractivity contribution < 1.29 is 0 Å². The average molecular weight is 302 g/mol. The van der Waals surface area contributed by atoms with E-state index in [1.165, 1.54) is 11.1 Å². The van der Waals surface area contributed by atoms with E-state index in [0.29, 0.717) is 6.54 Å². The van der Waals surface area contributed by atoms with Crippen LogP contribution in [0.15, 0.2) is 53.5 Å². The topological polar surface area (TPSA) is 36.4 Å². The molecule has 0 saturated heterocycles. The third kappa shape index (κ3) is 5.12. The first-order valence-corrected chi connectivity index (χ1v) is 7.29. The molecular formula is C17H20ClN3. The van der Waals surface area contributed by atoms with E-state index in [1.807, 2.05) is 24.3 Å². The van der Waals surface area contributed by atoms with Crippen LogP contribution < -0.4 is 10.6 Å². The molecule has 2 aromatic rings. The summed E-state index contributed by atoms with van der Waals surface area (Å²) in [7, 11) is 1.77. The number of hydrogen-bond acceptors (Lipinski definition) is 1. The molecule has 0 unspecified atom stereocenters. The highest BCUT2D eigenvalue weighted by Gasteiger charge is 1.99. The van der Waals surface area contributed by atoms with Crippen molar-refractivity contribution in [3.63, 3.8) is 0 Å². The summed E-state index contributed by atoms with van der Waals surface area (Å²) >= 11 is 5.87. The average Bonchev–Trinajstić information content (AvgIpc) is 2.51. The van der Waals surface area contributed by atoms with Crippen molar-refractivity contribution in [2.75, 3.05) is 7.05 Å². The molecule has 0 bridgehead atoms. The van der Waals surface area contributed by atoms with Crippen LogP contribution in [0.1, 0.15) is 16.7 Å². The van der Waals surface area contributed by atoms with Crippen molar-refractivity contribution in [2.45, 2.75) is 20.0 Å². The van der Waals surface area contributed by atoms with Gasteiger partial charge in [0.05, 0.1) is 0 Å². The summed E-state index contributed by atoms with van der Waals surface area (Å²) in [6.45, 7) is 3.55. The highest BCUT2D eigenvalue weighted by Crippen LogP contribution is 2.09. The first kappa shape index (κ1) is 15.4. The molecule has 0 atom stereocenters. The summed E-state index contributed by atoms with van der Waals surface area (Å²) in [6, 6.07) is 16.2. The predicted octanol–water partition coefficient (Wildman–Crippen LogP) is 3.51. The van der Waals surface area contributed by atoms with Gasteiger partial charge in [0.1, 0.15) is 0 Å². The SMILES string of the molecule is CN=C(NCc1ccc(C)cc1)NCc1ccc(Cl)cc1. The van der Waals surface area contributed by atoms with Gasteiger partial charge in [-0.3, -0.25) is 4.99 Å². The number of aryl methyl sites for hydroxylation is 1. The number of aliphatic imine (C=N–C) groups is 1. The van der Waals surface area contributed by atoms with E-state index in [-0.39, 0.29) is 0 Å². The van der Waals surface area contributed by atoms with Crippen LogP contribution in [0.2, 0.25) is 5.02 Å². The standard InChI is InChI=1S/C17H20ClN3/c1-13-3-5-14(6-4-13)11-20-17(19-2)21-12-15-7-9-16(18)10-8-15/h3-10H,11-12H2,1-2H3,(H2,19,20,21). The first-order chi connectivity index (χ1) is 10.2. The van der Waals surface area contributed by atoms with Crippen LogP contribution >= 0.6 is 11.6 Å². The van der Waals surface area contributed by atoms with Crippen LogP contribution in [-0.2, 0) is 13.1 Å². The maximum Gasteiger partial charge on any atom is 0.191 e. The van der Waals surface area contributed by atoms with E-state index >= 15 is 0 Å². The molecule has 0 aliphatic rings. The van der Waals surface area contributed by atoms with Gasteiger partial charge >= 0.3 is 0 Å². The van der Waals surface area contributed by atoms with E-state index < -0.39 is 0 Å². The van der Waals surface area contributed by atoms with Gasteiger partial charge in [0.2, 0.25) is 0 Å². The van der Waals surface area contributed by atoms with Gasteiger partial charge in [-0.15, -0.1) is 0 Å². The van der Waals surface area contributed by atoms with E-state index in [4.69, 9.17) is 11.6 Å². The number of benzene rings is 2. The smallest absolute Gasteiger partial charge is 0.191 e. The summed E-state index contributed by atoms with van der Waals surface area (Å²) in [6.07, 6.45) is 0. The lowest BCUT2D eigenvalue weighted by Gasteiger charge is -2.12. The lowest BCUT2D eigenvalue weighted by atomic mass is 10.1. The van der Waals surface area contributed by atoms with Crippen molar-refractivity contribution in [1.82, 2.24) is 10.6 Å². The summed E-state index contributed by atoms with van der Waals surface area (Å²) in [4.78, 5) is 4.22. The summed E-state index contributed by atoms with van der Waals surface area (Å²) in [5.74, 6) is 0.783. The molecule has 0 aromatic heterocycles. The van der Waals surface area contributed by atoms with Crippen LogP contribution in [-0.4, -0.2) is 13.0 Å². The third-order valence-electron chi connectivity index (χ3n) is 3.18. The number of guanidine groups is 1. The van der Waals surface area contributed by atoms with E-state index in [2.05, 4.69) is 46.8 Å². The molecule has 0 saturated carbocycles. The zero-order chi connectivity index (χ0) is 15.1. The Kier molecular flexibility index (Phi) is 5.64. The molecule has 3 nitrogen and oxygen atoms in total. The maximum atomic E-state index is 5.87. The van der Waals surface area contributed by atoms with Gasteiger partial charge in [0.25, 0.3) is 0 Å². The van der Waals surface area contributed by atoms with E-state index in [0.717, 1.165) is 23.1 Å². The Hall–Kier alpha value is -2.00. The Balaban J connectivity index is 1.83. The number of nitrogens with zero attached hydrogens (tertiary/aromatic N) is 1. The fourth-order valence-electron chi connectivity index (χ4n) is 1.90. The van der Waals surface area contributed by atoms with Crippen LogP contribution in [0.25, 0.3) is 0 Å². The molecule has 0 amide bonds. The van der Waals surface area contributed by atoms with Crippen molar-refractivity contribution >= 4 is 17.6 Å². The second kappa shape index (κ2) is 7.70. The molecular weight excluding hydrogens is 282 g/mol. The Bertz CT molecular complexity index is 537. The molecule has 0 spiro atoms. The quantitative estimate of drug-likeness (QED) is 0.670. The van der Waals surface area contributed by atoms with Crippen LogP contribution in [0, 0.1) is 6.92 Å². The highest BCUT2D eigenvalue weighted by molar-refractivity contribution is 6.30. The predicted molar refractivity (Wildman–Crippen MR) is 89.7 cm³/mol. The number of halogens is 1. The highest BCUT2D eigenvalue weighted by atomic mass is 35.5. The molecule has 21 heavy (non-hydrogen) atoms. The monoisotopic (exact) mass is 301 g/mol. The minimum absolute atomic E-state index is 0.713. The van der Waals surface area contributed by atoms with E-state index in [1.54, 1.807) is 7.05 Å². The maximum absolute atomic E-state index is 5.87. The van der Waals surface area contributed by atoms with E-state index in [9.17, 15) is 0 Å². The van der Waals surface area contributed by atoms with Gasteiger partial charge in [-0.1, -0.05) is 53.6 Å². The molecule has 0 fully saturated rings. The van der Waals surface area contributed by atoms with Crippen molar-refractivity contribution in [3.05, 3.63) is 70.2 Å². The normalized spacial score (nSPS) is 11.3. The lowest BCUT2D eigenvalue weighted by Crippen LogP contribution is -2.36. The molecule has 0 heterocycles. The van der Waals surface area contributed by atoms with Gasteiger partial charge in [-0.2, -0.15) is 0 Å². The molecule has 4 heteroatoms. The fraction of sp³-hybridized carbons (Fsp3) is 0.235. The Morgan fingerprint density at radius 1 is 0.905 bits per heavy atom. The molecule has 2 N–H and O–H groups in total. The van der Waals surface area contributed by atoms with Gasteiger partial charge in [0, 0.05) is 25.2 Å². The second-order valence-corrected chi connectivity index (χ2v) is 5.33. The fourth-order valence-corrected chi connectivity index (χ4v) is 2.03. The molecule has 0 aliphatic heterocycles. The zero-order valence-electron chi connectivity index (χ0n) is 12.4. The largest absolute Gasteiger partial charge is 0.352 e. The molecule has 0 aliphatic carbocycles. The van der Waals surface area contributed by atoms with Crippen LogP contribution in [0.5, 0.6) is 0 Å². The first-order valence-electron chi connectivity index (χ1n) is 6.92. The minimum atomic E-state index is 0.713. The number of rotatable bonds is 4. The van der Waals surface area contributed by atoms with Gasteiger partial charge < -0.3 is 10.6 Å². The zero-order valence-corrected chi connectivity index (χ0v) is 13.1. The van der Waals surface area contributed by atoms with Crippen molar-refractivity contribution in [1.29, 1.82) is 0 Å². The summed E-state index contributed by atoms with van der Waals surface area (Å²) in [5.41, 5.74) is 3.66.